The van der Waals surface area contributed by atoms with Gasteiger partial charge in [-0.05, 0) is 39.3 Å². The number of alkyl carbamates (subject to hydrolysis) is 1. The Hall–Kier alpha value is -0.770. The fourth-order valence-electron chi connectivity index (χ4n) is 2.48. The molecule has 18 heavy (non-hydrogen) atoms. The fourth-order valence-corrected chi connectivity index (χ4v) is 2.48. The molecule has 1 amide bonds. The van der Waals surface area contributed by atoms with Crippen molar-refractivity contribution in [1.29, 1.82) is 0 Å². The second-order valence-electron chi connectivity index (χ2n) is 5.07. The summed E-state index contributed by atoms with van der Waals surface area (Å²) >= 11 is 0. The van der Waals surface area contributed by atoms with Gasteiger partial charge in [0.1, 0.15) is 0 Å². The molecule has 1 N–H and O–H groups in total. The smallest absolute Gasteiger partial charge is 0.407 e. The van der Waals surface area contributed by atoms with E-state index in [1.807, 2.05) is 6.92 Å². The number of likely N-dealkylation sites (tertiary alicyclic amines) is 1. The number of nitrogens with zero attached hydrogens (tertiary/aromatic N) is 1. The molecular formula is C14H28N2O2. The van der Waals surface area contributed by atoms with Crippen LogP contribution >= 0.6 is 0 Å². The minimum atomic E-state index is -0.268. The van der Waals surface area contributed by atoms with E-state index in [1.54, 1.807) is 0 Å². The molecule has 1 aliphatic rings. The van der Waals surface area contributed by atoms with Crippen molar-refractivity contribution in [3.05, 3.63) is 0 Å². The Morgan fingerprint density at radius 2 is 2.17 bits per heavy atom. The van der Waals surface area contributed by atoms with Crippen molar-refractivity contribution in [1.82, 2.24) is 10.2 Å². The third-order valence-corrected chi connectivity index (χ3v) is 3.43. The molecule has 1 fully saturated rings. The Balaban J connectivity index is 2.17. The van der Waals surface area contributed by atoms with Gasteiger partial charge in [0.15, 0.2) is 0 Å². The monoisotopic (exact) mass is 256 g/mol. The molecule has 1 unspecified atom stereocenters. The maximum Gasteiger partial charge on any atom is 0.407 e. The van der Waals surface area contributed by atoms with Crippen LogP contribution < -0.4 is 5.32 Å². The van der Waals surface area contributed by atoms with Crippen molar-refractivity contribution < 1.29 is 9.53 Å². The highest BCUT2D eigenvalue weighted by Gasteiger charge is 2.21. The second kappa shape index (κ2) is 9.20. The lowest BCUT2D eigenvalue weighted by molar-refractivity contribution is 0.133. The Kier molecular flexibility index (Phi) is 7.81. The SMILES string of the molecule is CCCCCCN1CCCC(NC(=O)OCC)C1. The summed E-state index contributed by atoms with van der Waals surface area (Å²) in [5.41, 5.74) is 0. The molecule has 1 atom stereocenters. The summed E-state index contributed by atoms with van der Waals surface area (Å²) in [6.07, 6.45) is 7.19. The van der Waals surface area contributed by atoms with Gasteiger partial charge in [-0.15, -0.1) is 0 Å². The molecule has 1 saturated heterocycles. The van der Waals surface area contributed by atoms with Crippen LogP contribution in [0.25, 0.3) is 0 Å². The van der Waals surface area contributed by atoms with Crippen LogP contribution in [0.2, 0.25) is 0 Å². The number of nitrogens with one attached hydrogen (secondary N) is 1. The summed E-state index contributed by atoms with van der Waals surface area (Å²) < 4.78 is 4.92. The van der Waals surface area contributed by atoms with E-state index in [2.05, 4.69) is 17.1 Å². The van der Waals surface area contributed by atoms with Crippen molar-refractivity contribution in [3.63, 3.8) is 0 Å². The van der Waals surface area contributed by atoms with E-state index in [4.69, 9.17) is 4.74 Å². The number of unbranched alkanes of at least 4 members (excludes halogenated alkanes) is 3. The summed E-state index contributed by atoms with van der Waals surface area (Å²) in [5, 5.41) is 2.95. The molecule has 0 aromatic carbocycles. The Morgan fingerprint density at radius 1 is 1.33 bits per heavy atom. The van der Waals surface area contributed by atoms with Gasteiger partial charge in [-0.2, -0.15) is 0 Å². The number of hydrogen-bond acceptors (Lipinski definition) is 3. The number of carbonyl (C=O) groups is 1. The van der Waals surface area contributed by atoms with Crippen LogP contribution in [0.1, 0.15) is 52.4 Å². The van der Waals surface area contributed by atoms with Crippen LogP contribution in [0.15, 0.2) is 0 Å². The fraction of sp³-hybridized carbons (Fsp3) is 0.929. The lowest BCUT2D eigenvalue weighted by atomic mass is 10.1. The molecule has 0 spiro atoms. The Labute approximate surface area is 111 Å². The molecule has 4 heteroatoms. The van der Waals surface area contributed by atoms with Gasteiger partial charge in [0, 0.05) is 12.6 Å². The second-order valence-corrected chi connectivity index (χ2v) is 5.07. The highest BCUT2D eigenvalue weighted by atomic mass is 16.5. The van der Waals surface area contributed by atoms with Crippen molar-refractivity contribution >= 4 is 6.09 Å². The first-order valence-electron chi connectivity index (χ1n) is 7.41. The topological polar surface area (TPSA) is 41.6 Å². The maximum absolute atomic E-state index is 11.4. The number of rotatable bonds is 7. The lowest BCUT2D eigenvalue weighted by Crippen LogP contribution is -2.48. The first kappa shape index (κ1) is 15.3. The predicted molar refractivity (Wildman–Crippen MR) is 73.8 cm³/mol. The van der Waals surface area contributed by atoms with Gasteiger partial charge in [0.05, 0.1) is 6.61 Å². The molecule has 0 aromatic heterocycles. The van der Waals surface area contributed by atoms with E-state index in [-0.39, 0.29) is 12.1 Å². The Morgan fingerprint density at radius 3 is 2.89 bits per heavy atom. The Bertz CT molecular complexity index is 234. The predicted octanol–water partition coefficient (Wildman–Crippen LogP) is 2.78. The van der Waals surface area contributed by atoms with Gasteiger partial charge in [-0.3, -0.25) is 0 Å². The summed E-state index contributed by atoms with van der Waals surface area (Å²) in [6.45, 7) is 7.83. The first-order valence-corrected chi connectivity index (χ1v) is 7.41. The van der Waals surface area contributed by atoms with Gasteiger partial charge in [-0.1, -0.05) is 26.2 Å². The van der Waals surface area contributed by atoms with E-state index in [0.717, 1.165) is 13.0 Å². The molecule has 106 valence electrons. The van der Waals surface area contributed by atoms with Crippen molar-refractivity contribution in [2.45, 2.75) is 58.4 Å². The number of piperidine rings is 1. The quantitative estimate of drug-likeness (QED) is 0.712. The van der Waals surface area contributed by atoms with Gasteiger partial charge in [0.2, 0.25) is 0 Å². The zero-order valence-electron chi connectivity index (χ0n) is 11.9. The molecule has 0 saturated carbocycles. The van der Waals surface area contributed by atoms with Crippen LogP contribution in [0, 0.1) is 0 Å². The summed E-state index contributed by atoms with van der Waals surface area (Å²) in [5.74, 6) is 0. The van der Waals surface area contributed by atoms with Crippen molar-refractivity contribution in [2.24, 2.45) is 0 Å². The molecular weight excluding hydrogens is 228 g/mol. The zero-order chi connectivity index (χ0) is 13.2. The highest BCUT2D eigenvalue weighted by Crippen LogP contribution is 2.11. The van der Waals surface area contributed by atoms with Gasteiger partial charge < -0.3 is 15.0 Å². The van der Waals surface area contributed by atoms with E-state index in [9.17, 15) is 4.79 Å². The maximum atomic E-state index is 11.4. The molecule has 0 radical (unpaired) electrons. The van der Waals surface area contributed by atoms with Crippen molar-refractivity contribution in [3.8, 4) is 0 Å². The molecule has 1 heterocycles. The third-order valence-electron chi connectivity index (χ3n) is 3.43. The van der Waals surface area contributed by atoms with Crippen LogP contribution in [0.5, 0.6) is 0 Å². The number of amides is 1. The molecule has 0 aliphatic carbocycles. The normalized spacial score (nSPS) is 20.7. The summed E-state index contributed by atoms with van der Waals surface area (Å²) in [7, 11) is 0. The van der Waals surface area contributed by atoms with Crippen LogP contribution in [0.4, 0.5) is 4.79 Å². The number of ether oxygens (including phenoxy) is 1. The van der Waals surface area contributed by atoms with Crippen LogP contribution in [-0.4, -0.2) is 43.3 Å². The highest BCUT2D eigenvalue weighted by molar-refractivity contribution is 5.67. The lowest BCUT2D eigenvalue weighted by Gasteiger charge is -2.32. The summed E-state index contributed by atoms with van der Waals surface area (Å²) in [6, 6.07) is 0.268. The largest absolute Gasteiger partial charge is 0.450 e. The van der Waals surface area contributed by atoms with Gasteiger partial charge >= 0.3 is 6.09 Å². The number of hydrogen-bond donors (Lipinski definition) is 1. The molecule has 1 aliphatic heterocycles. The standard InChI is InChI=1S/C14H28N2O2/c1-3-5-6-7-10-16-11-8-9-13(12-16)15-14(17)18-4-2/h13H,3-12H2,1-2H3,(H,15,17). The van der Waals surface area contributed by atoms with Gasteiger partial charge in [0.25, 0.3) is 0 Å². The van der Waals surface area contributed by atoms with E-state index in [1.165, 1.54) is 45.2 Å². The van der Waals surface area contributed by atoms with E-state index >= 15 is 0 Å². The third kappa shape index (κ3) is 6.24. The average molecular weight is 256 g/mol. The zero-order valence-corrected chi connectivity index (χ0v) is 11.9. The molecule has 1 rings (SSSR count). The van der Waals surface area contributed by atoms with Crippen LogP contribution in [-0.2, 0) is 4.74 Å². The molecule has 0 aromatic rings. The van der Waals surface area contributed by atoms with Gasteiger partial charge in [-0.25, -0.2) is 4.79 Å². The molecule has 4 nitrogen and oxygen atoms in total. The van der Waals surface area contributed by atoms with E-state index in [0.29, 0.717) is 6.61 Å². The minimum absolute atomic E-state index is 0.268. The average Bonchev–Trinajstić information content (AvgIpc) is 2.35. The van der Waals surface area contributed by atoms with Crippen LogP contribution in [0.3, 0.4) is 0 Å². The summed E-state index contributed by atoms with van der Waals surface area (Å²) in [4.78, 5) is 13.8. The van der Waals surface area contributed by atoms with E-state index < -0.39 is 0 Å². The molecule has 0 bridgehead atoms. The van der Waals surface area contributed by atoms with Crippen molar-refractivity contribution in [2.75, 3.05) is 26.2 Å². The first-order chi connectivity index (χ1) is 8.76. The number of carbonyl (C=O) groups excluding carboxylic acids is 1. The minimum Gasteiger partial charge on any atom is -0.450 e.